The molecule has 104 valence electrons. The number of aromatic nitrogens is 1. The summed E-state index contributed by atoms with van der Waals surface area (Å²) in [6.45, 7) is 4.26. The van der Waals surface area contributed by atoms with Crippen molar-refractivity contribution in [3.63, 3.8) is 0 Å². The number of hydrogen-bond acceptors (Lipinski definition) is 4. The molecule has 6 nitrogen and oxygen atoms in total. The van der Waals surface area contributed by atoms with E-state index in [1.54, 1.807) is 11.0 Å². The van der Waals surface area contributed by atoms with E-state index >= 15 is 0 Å². The van der Waals surface area contributed by atoms with Crippen LogP contribution in [-0.2, 0) is 0 Å². The number of carbonyl (C=O) groups is 2. The second-order valence-corrected chi connectivity index (χ2v) is 4.35. The third-order valence-corrected chi connectivity index (χ3v) is 3.03. The van der Waals surface area contributed by atoms with Crippen molar-refractivity contribution in [2.75, 3.05) is 19.6 Å². The smallest absolute Gasteiger partial charge is 0.267 e. The van der Waals surface area contributed by atoms with Gasteiger partial charge in [0.15, 0.2) is 0 Å². The summed E-state index contributed by atoms with van der Waals surface area (Å²) < 4.78 is 0. The van der Waals surface area contributed by atoms with Crippen molar-refractivity contribution < 1.29 is 9.59 Å². The Morgan fingerprint density at radius 2 is 2.21 bits per heavy atom. The lowest BCUT2D eigenvalue weighted by molar-refractivity contribution is 0.0655. The standard InChI is InChI=1S/C12H16N4O2.ClH/c1-8-6-14-4-5-16(8)12(18)9-2-3-10(11(13)17)15-7-9;/h2-3,7-8,14H,4-6H2,1H3,(H2,13,17);1H/t8-;/m0./s1. The van der Waals surface area contributed by atoms with Crippen molar-refractivity contribution in [2.45, 2.75) is 13.0 Å². The van der Waals surface area contributed by atoms with E-state index < -0.39 is 5.91 Å². The van der Waals surface area contributed by atoms with Gasteiger partial charge in [-0.25, -0.2) is 0 Å². The monoisotopic (exact) mass is 284 g/mol. The zero-order valence-electron chi connectivity index (χ0n) is 10.6. The van der Waals surface area contributed by atoms with E-state index in [-0.39, 0.29) is 30.0 Å². The highest BCUT2D eigenvalue weighted by molar-refractivity contribution is 5.96. The van der Waals surface area contributed by atoms with Crippen LogP contribution in [0.4, 0.5) is 0 Å². The summed E-state index contributed by atoms with van der Waals surface area (Å²) in [5.41, 5.74) is 5.75. The average Bonchev–Trinajstić information content (AvgIpc) is 2.38. The van der Waals surface area contributed by atoms with Gasteiger partial charge in [0, 0.05) is 31.9 Å². The van der Waals surface area contributed by atoms with Gasteiger partial charge in [0.2, 0.25) is 0 Å². The van der Waals surface area contributed by atoms with Gasteiger partial charge in [-0.1, -0.05) is 0 Å². The molecule has 1 fully saturated rings. The van der Waals surface area contributed by atoms with E-state index in [0.717, 1.165) is 13.1 Å². The first-order chi connectivity index (χ1) is 8.59. The molecule has 0 unspecified atom stereocenters. The van der Waals surface area contributed by atoms with Crippen molar-refractivity contribution in [3.8, 4) is 0 Å². The SMILES string of the molecule is C[C@H]1CNCCN1C(=O)c1ccc(C(N)=O)nc1.Cl. The topological polar surface area (TPSA) is 88.3 Å². The van der Waals surface area contributed by atoms with Gasteiger partial charge in [-0.05, 0) is 19.1 Å². The Balaban J connectivity index is 0.00000180. The third-order valence-electron chi connectivity index (χ3n) is 3.03. The quantitative estimate of drug-likeness (QED) is 0.802. The largest absolute Gasteiger partial charge is 0.364 e. The molecular formula is C12H17ClN4O2. The zero-order valence-corrected chi connectivity index (χ0v) is 11.4. The Labute approximate surface area is 117 Å². The molecule has 1 atom stereocenters. The van der Waals surface area contributed by atoms with Crippen LogP contribution in [0.3, 0.4) is 0 Å². The minimum Gasteiger partial charge on any atom is -0.364 e. The first-order valence-corrected chi connectivity index (χ1v) is 5.87. The van der Waals surface area contributed by atoms with Crippen LogP contribution in [-0.4, -0.2) is 47.4 Å². The minimum atomic E-state index is -0.593. The van der Waals surface area contributed by atoms with Crippen LogP contribution in [0.2, 0.25) is 0 Å². The Kier molecular flexibility index (Phi) is 5.26. The number of amides is 2. The van der Waals surface area contributed by atoms with Crippen LogP contribution < -0.4 is 11.1 Å². The van der Waals surface area contributed by atoms with Gasteiger partial charge in [0.25, 0.3) is 11.8 Å². The van der Waals surface area contributed by atoms with Crippen LogP contribution in [0.5, 0.6) is 0 Å². The number of piperazine rings is 1. The lowest BCUT2D eigenvalue weighted by atomic mass is 10.1. The Morgan fingerprint density at radius 3 is 2.74 bits per heavy atom. The fourth-order valence-electron chi connectivity index (χ4n) is 1.97. The fraction of sp³-hybridized carbons (Fsp3) is 0.417. The molecule has 7 heteroatoms. The first-order valence-electron chi connectivity index (χ1n) is 5.87. The summed E-state index contributed by atoms with van der Waals surface area (Å²) >= 11 is 0. The summed E-state index contributed by atoms with van der Waals surface area (Å²) in [5, 5.41) is 3.22. The highest BCUT2D eigenvalue weighted by Gasteiger charge is 2.24. The molecule has 2 amide bonds. The molecule has 1 saturated heterocycles. The predicted octanol–water partition coefficient (Wildman–Crippen LogP) is 0.0362. The zero-order chi connectivity index (χ0) is 13.1. The fourth-order valence-corrected chi connectivity index (χ4v) is 1.97. The predicted molar refractivity (Wildman–Crippen MR) is 73.4 cm³/mol. The number of rotatable bonds is 2. The molecule has 1 aliphatic rings. The van der Waals surface area contributed by atoms with Gasteiger partial charge in [-0.2, -0.15) is 0 Å². The van der Waals surface area contributed by atoms with Gasteiger partial charge in [-0.15, -0.1) is 12.4 Å². The molecule has 0 aromatic carbocycles. The molecule has 1 aliphatic heterocycles. The molecule has 0 spiro atoms. The number of halogens is 1. The molecule has 1 aromatic rings. The van der Waals surface area contributed by atoms with Crippen molar-refractivity contribution in [3.05, 3.63) is 29.6 Å². The summed E-state index contributed by atoms with van der Waals surface area (Å²) in [6.07, 6.45) is 1.40. The number of carbonyl (C=O) groups excluding carboxylic acids is 2. The summed E-state index contributed by atoms with van der Waals surface area (Å²) in [7, 11) is 0. The van der Waals surface area contributed by atoms with E-state index in [1.807, 2.05) is 6.92 Å². The minimum absolute atomic E-state index is 0. The highest BCUT2D eigenvalue weighted by atomic mass is 35.5. The van der Waals surface area contributed by atoms with Gasteiger partial charge in [0.1, 0.15) is 5.69 Å². The van der Waals surface area contributed by atoms with Crippen LogP contribution in [0.25, 0.3) is 0 Å². The third kappa shape index (κ3) is 3.42. The molecule has 3 N–H and O–H groups in total. The van der Waals surface area contributed by atoms with E-state index in [1.165, 1.54) is 12.3 Å². The number of nitrogens with zero attached hydrogens (tertiary/aromatic N) is 2. The van der Waals surface area contributed by atoms with E-state index in [0.29, 0.717) is 12.1 Å². The molecule has 0 aliphatic carbocycles. The summed E-state index contributed by atoms with van der Waals surface area (Å²) in [6, 6.07) is 3.22. The lowest BCUT2D eigenvalue weighted by Gasteiger charge is -2.33. The summed E-state index contributed by atoms with van der Waals surface area (Å²) in [5.74, 6) is -0.656. The van der Waals surface area contributed by atoms with E-state index in [2.05, 4.69) is 10.3 Å². The van der Waals surface area contributed by atoms with Gasteiger partial charge < -0.3 is 16.0 Å². The number of hydrogen-bond donors (Lipinski definition) is 2. The summed E-state index contributed by atoms with van der Waals surface area (Å²) in [4.78, 5) is 28.8. The average molecular weight is 285 g/mol. The van der Waals surface area contributed by atoms with Gasteiger partial charge in [0.05, 0.1) is 5.56 Å². The molecule has 0 radical (unpaired) electrons. The molecule has 19 heavy (non-hydrogen) atoms. The molecule has 1 aromatic heterocycles. The highest BCUT2D eigenvalue weighted by Crippen LogP contribution is 2.10. The molecule has 0 saturated carbocycles. The maximum atomic E-state index is 12.2. The normalized spacial score (nSPS) is 18.6. The molecule has 0 bridgehead atoms. The van der Waals surface area contributed by atoms with Crippen LogP contribution in [0, 0.1) is 0 Å². The van der Waals surface area contributed by atoms with Gasteiger partial charge >= 0.3 is 0 Å². The maximum Gasteiger partial charge on any atom is 0.267 e. The Morgan fingerprint density at radius 1 is 1.47 bits per heavy atom. The molecular weight excluding hydrogens is 268 g/mol. The maximum absolute atomic E-state index is 12.2. The number of nitrogens with two attached hydrogens (primary N) is 1. The number of primary amides is 1. The van der Waals surface area contributed by atoms with Crippen molar-refractivity contribution in [1.29, 1.82) is 0 Å². The second-order valence-electron chi connectivity index (χ2n) is 4.35. The molecule has 2 rings (SSSR count). The van der Waals surface area contributed by atoms with Crippen molar-refractivity contribution in [2.24, 2.45) is 5.73 Å². The van der Waals surface area contributed by atoms with Gasteiger partial charge in [-0.3, -0.25) is 14.6 Å². The van der Waals surface area contributed by atoms with E-state index in [9.17, 15) is 9.59 Å². The first kappa shape index (κ1) is 15.4. The number of pyridine rings is 1. The van der Waals surface area contributed by atoms with E-state index in [4.69, 9.17) is 5.73 Å². The Bertz CT molecular complexity index is 463. The van der Waals surface area contributed by atoms with Crippen LogP contribution in [0.1, 0.15) is 27.8 Å². The van der Waals surface area contributed by atoms with Crippen LogP contribution >= 0.6 is 12.4 Å². The molecule has 2 heterocycles. The van der Waals surface area contributed by atoms with Crippen LogP contribution in [0.15, 0.2) is 18.3 Å². The number of nitrogens with one attached hydrogen (secondary N) is 1. The van der Waals surface area contributed by atoms with Crippen molar-refractivity contribution >= 4 is 24.2 Å². The Hall–Kier alpha value is -1.66. The van der Waals surface area contributed by atoms with Crippen molar-refractivity contribution in [1.82, 2.24) is 15.2 Å². The second kappa shape index (κ2) is 6.49. The lowest BCUT2D eigenvalue weighted by Crippen LogP contribution is -2.52.